The van der Waals surface area contributed by atoms with E-state index in [1.165, 1.54) is 64.4 Å². The van der Waals surface area contributed by atoms with Gasteiger partial charge in [0.1, 0.15) is 17.5 Å². The zero-order valence-electron chi connectivity index (χ0n) is 29.7. The molecule has 2 aliphatic rings. The van der Waals surface area contributed by atoms with Crippen molar-refractivity contribution in [2.75, 3.05) is 50.0 Å². The van der Waals surface area contributed by atoms with Crippen LogP contribution >= 0.6 is 11.6 Å². The number of nitrogens with one attached hydrogen (secondary N) is 4. The number of amides is 2. The summed E-state index contributed by atoms with van der Waals surface area (Å²) in [6.45, 7) is 4.18. The topological polar surface area (TPSA) is 136 Å². The molecule has 56 heavy (non-hydrogen) atoms. The molecule has 2 aromatic heterocycles. The lowest BCUT2D eigenvalue weighted by Crippen LogP contribution is -2.33. The van der Waals surface area contributed by atoms with Gasteiger partial charge in [-0.2, -0.15) is 10.2 Å². The minimum Gasteiger partial charge on any atom is -0.371 e. The van der Waals surface area contributed by atoms with Gasteiger partial charge in [0.15, 0.2) is 0 Å². The van der Waals surface area contributed by atoms with Gasteiger partial charge in [0.05, 0.1) is 76.7 Å². The van der Waals surface area contributed by atoms with Crippen LogP contribution < -0.4 is 21.3 Å². The van der Waals surface area contributed by atoms with Gasteiger partial charge in [-0.3, -0.25) is 9.59 Å². The Hall–Kier alpha value is -5.84. The van der Waals surface area contributed by atoms with Crippen molar-refractivity contribution < 1.29 is 32.2 Å². The molecule has 0 radical (unpaired) electrons. The molecule has 1 unspecified atom stereocenters. The van der Waals surface area contributed by atoms with Gasteiger partial charge in [-0.15, -0.1) is 0 Å². The molecule has 4 heterocycles. The van der Waals surface area contributed by atoms with E-state index in [2.05, 4.69) is 31.5 Å². The Labute approximate surface area is 324 Å². The normalized spacial score (nSPS) is 16.7. The Bertz CT molecular complexity index is 2130. The number of aromatic nitrogens is 4. The molecule has 2 atom stereocenters. The molecule has 2 saturated heterocycles. The van der Waals surface area contributed by atoms with Gasteiger partial charge >= 0.3 is 0 Å². The van der Waals surface area contributed by atoms with Crippen molar-refractivity contribution in [1.82, 2.24) is 30.2 Å². The lowest BCUT2D eigenvalue weighted by molar-refractivity contribution is 0.0275. The van der Waals surface area contributed by atoms with Crippen molar-refractivity contribution in [1.29, 1.82) is 0 Å². The molecule has 2 amide bonds. The first-order valence-electron chi connectivity index (χ1n) is 17.7. The Balaban J connectivity index is 0.000000172. The molecule has 2 aliphatic heterocycles. The quantitative estimate of drug-likeness (QED) is 0.135. The number of carbonyl (C=O) groups is 2. The van der Waals surface area contributed by atoms with Gasteiger partial charge in [-0.1, -0.05) is 23.7 Å². The van der Waals surface area contributed by atoms with Gasteiger partial charge in [0, 0.05) is 38.6 Å². The summed E-state index contributed by atoms with van der Waals surface area (Å²) in [6.07, 6.45) is 5.63. The molecule has 12 nitrogen and oxygen atoms in total. The monoisotopic (exact) mass is 784 g/mol. The summed E-state index contributed by atoms with van der Waals surface area (Å²) < 4.78 is 54.8. The van der Waals surface area contributed by atoms with Crippen LogP contribution in [0, 0.1) is 17.5 Å². The van der Waals surface area contributed by atoms with E-state index in [-0.39, 0.29) is 41.0 Å². The van der Waals surface area contributed by atoms with Gasteiger partial charge in [-0.25, -0.2) is 22.5 Å². The van der Waals surface area contributed by atoms with Gasteiger partial charge in [0.2, 0.25) is 0 Å². The summed E-state index contributed by atoms with van der Waals surface area (Å²) in [6, 6.07) is 21.6. The van der Waals surface area contributed by atoms with Crippen LogP contribution in [0.4, 0.5) is 24.5 Å². The maximum atomic E-state index is 14.4. The molecule has 16 heteroatoms. The van der Waals surface area contributed by atoms with Crippen molar-refractivity contribution in [3.63, 3.8) is 0 Å². The summed E-state index contributed by atoms with van der Waals surface area (Å²) in [5.41, 5.74) is 4.14. The Morgan fingerprint density at radius 2 is 1.12 bits per heavy atom. The maximum absolute atomic E-state index is 14.4. The van der Waals surface area contributed by atoms with Crippen LogP contribution in [0.25, 0.3) is 11.4 Å². The zero-order chi connectivity index (χ0) is 39.0. The molecule has 0 aliphatic carbocycles. The van der Waals surface area contributed by atoms with E-state index in [4.69, 9.17) is 21.1 Å². The van der Waals surface area contributed by atoms with Crippen LogP contribution in [-0.2, 0) is 9.47 Å². The number of ether oxygens (including phenoxy) is 2. The molecule has 4 N–H and O–H groups in total. The molecule has 0 spiro atoms. The predicted molar refractivity (Wildman–Crippen MR) is 204 cm³/mol. The molecular weight excluding hydrogens is 749 g/mol. The number of morpholine rings is 2. The van der Waals surface area contributed by atoms with Crippen molar-refractivity contribution in [2.45, 2.75) is 12.2 Å². The zero-order valence-corrected chi connectivity index (χ0v) is 30.5. The number of benzene rings is 4. The SMILES string of the molecule is O=C(Nc1ccc(C2CNCCO2)cc1Cl)c1cnn(-c2ccc(F)cc2)c1.O=C(Nc1ccc([C@@H]2CNCCO2)cc1F)c1cnn(-c2ccc(F)cc2)c1. The van der Waals surface area contributed by atoms with E-state index >= 15 is 0 Å². The van der Waals surface area contributed by atoms with E-state index in [0.29, 0.717) is 53.0 Å². The van der Waals surface area contributed by atoms with Gasteiger partial charge < -0.3 is 30.7 Å². The second-order valence-electron chi connectivity index (χ2n) is 12.8. The van der Waals surface area contributed by atoms with Crippen LogP contribution in [-0.4, -0.2) is 70.8 Å². The van der Waals surface area contributed by atoms with E-state index in [1.54, 1.807) is 48.7 Å². The first-order valence-corrected chi connectivity index (χ1v) is 18.1. The first-order chi connectivity index (χ1) is 27.2. The van der Waals surface area contributed by atoms with Crippen molar-refractivity contribution in [3.05, 3.63) is 154 Å². The van der Waals surface area contributed by atoms with E-state index in [1.807, 2.05) is 6.07 Å². The summed E-state index contributed by atoms with van der Waals surface area (Å²) >= 11 is 6.35. The first kappa shape index (κ1) is 38.4. The Morgan fingerprint density at radius 3 is 1.57 bits per heavy atom. The number of hydrogen-bond acceptors (Lipinski definition) is 8. The van der Waals surface area contributed by atoms with Crippen LogP contribution in [0.3, 0.4) is 0 Å². The minimum atomic E-state index is -0.536. The standard InChI is InChI=1S/C20H18ClFN4O2.C20H18F2N4O2/c21-17-9-13(19-11-23-7-8-28-19)1-6-18(17)25-20(27)14-10-24-26(12-14)16-4-2-15(22)3-5-16;21-15-2-4-16(5-3-15)26-12-14(10-24-26)20(27)25-18-6-1-13(9-17(18)22)19-11-23-7-8-28-19/h2*1-6,9-10,12,19,23H,7-8,11H2,(H,25,27)/t;19-/m.0/s1. The Morgan fingerprint density at radius 1 is 0.661 bits per heavy atom. The van der Waals surface area contributed by atoms with Crippen molar-refractivity contribution in [3.8, 4) is 11.4 Å². The third kappa shape index (κ3) is 9.50. The number of halogens is 4. The third-order valence-electron chi connectivity index (χ3n) is 8.95. The highest BCUT2D eigenvalue weighted by Crippen LogP contribution is 2.29. The fourth-order valence-electron chi connectivity index (χ4n) is 5.96. The summed E-state index contributed by atoms with van der Waals surface area (Å²) in [4.78, 5) is 25.0. The second-order valence-corrected chi connectivity index (χ2v) is 13.2. The van der Waals surface area contributed by atoms with E-state index < -0.39 is 11.7 Å². The number of anilines is 2. The number of hydrogen-bond donors (Lipinski definition) is 4. The molecular formula is C40H36ClF3N8O4. The van der Waals surface area contributed by atoms with Gasteiger partial charge in [0.25, 0.3) is 11.8 Å². The van der Waals surface area contributed by atoms with Crippen LogP contribution in [0.5, 0.6) is 0 Å². The van der Waals surface area contributed by atoms with Gasteiger partial charge in [-0.05, 0) is 83.9 Å². The van der Waals surface area contributed by atoms with Crippen molar-refractivity contribution >= 4 is 34.8 Å². The highest BCUT2D eigenvalue weighted by molar-refractivity contribution is 6.34. The summed E-state index contributed by atoms with van der Waals surface area (Å²) in [5.74, 6) is -2.05. The summed E-state index contributed by atoms with van der Waals surface area (Å²) in [5, 5.41) is 20.5. The second kappa shape index (κ2) is 17.7. The molecule has 8 rings (SSSR count). The van der Waals surface area contributed by atoms with E-state index in [0.717, 1.165) is 25.2 Å². The fourth-order valence-corrected chi connectivity index (χ4v) is 6.20. The summed E-state index contributed by atoms with van der Waals surface area (Å²) in [7, 11) is 0. The number of carbonyl (C=O) groups excluding carboxylic acids is 2. The molecule has 0 bridgehead atoms. The smallest absolute Gasteiger partial charge is 0.258 e. The van der Waals surface area contributed by atoms with E-state index in [9.17, 15) is 22.8 Å². The highest BCUT2D eigenvalue weighted by atomic mass is 35.5. The number of rotatable bonds is 8. The lowest BCUT2D eigenvalue weighted by Gasteiger charge is -2.24. The maximum Gasteiger partial charge on any atom is 0.258 e. The Kier molecular flexibility index (Phi) is 12.2. The average Bonchev–Trinajstić information content (AvgIpc) is 3.93. The number of nitrogens with zero attached hydrogens (tertiary/aromatic N) is 4. The minimum absolute atomic E-state index is 0.0510. The molecule has 6 aromatic rings. The molecule has 0 saturated carbocycles. The molecule has 4 aromatic carbocycles. The highest BCUT2D eigenvalue weighted by Gasteiger charge is 2.20. The average molecular weight is 785 g/mol. The molecule has 288 valence electrons. The largest absolute Gasteiger partial charge is 0.371 e. The third-order valence-corrected chi connectivity index (χ3v) is 9.27. The lowest BCUT2D eigenvalue weighted by atomic mass is 10.1. The fraction of sp³-hybridized carbons (Fsp3) is 0.200. The predicted octanol–water partition coefficient (Wildman–Crippen LogP) is 6.64. The van der Waals surface area contributed by atoms with Crippen LogP contribution in [0.1, 0.15) is 44.1 Å². The van der Waals surface area contributed by atoms with Crippen molar-refractivity contribution in [2.24, 2.45) is 0 Å². The van der Waals surface area contributed by atoms with Crippen LogP contribution in [0.15, 0.2) is 110 Å². The molecule has 2 fully saturated rings. The van der Waals surface area contributed by atoms with Crippen LogP contribution in [0.2, 0.25) is 5.02 Å².